The van der Waals surface area contributed by atoms with E-state index in [2.05, 4.69) is 20.3 Å². The van der Waals surface area contributed by atoms with Gasteiger partial charge in [-0.05, 0) is 19.5 Å². The predicted octanol–water partition coefficient (Wildman–Crippen LogP) is 1.02. The first-order chi connectivity index (χ1) is 8.20. The van der Waals surface area contributed by atoms with E-state index in [1.807, 2.05) is 44.2 Å². The molecule has 0 radical (unpaired) electrons. The molecule has 2 rings (SSSR count). The Morgan fingerprint density at radius 1 is 1.29 bits per heavy atom. The summed E-state index contributed by atoms with van der Waals surface area (Å²) in [4.78, 5) is 13.0. The summed E-state index contributed by atoms with van der Waals surface area (Å²) in [6.07, 6.45) is 8.20. The third-order valence-corrected chi connectivity index (χ3v) is 2.77. The fraction of sp³-hybridized carbons (Fsp3) is 0.417. The van der Waals surface area contributed by atoms with Crippen molar-refractivity contribution in [2.45, 2.75) is 19.4 Å². The van der Waals surface area contributed by atoms with Crippen molar-refractivity contribution in [2.75, 3.05) is 7.05 Å². The van der Waals surface area contributed by atoms with E-state index < -0.39 is 0 Å². The van der Waals surface area contributed by atoms with Gasteiger partial charge in [-0.25, -0.2) is 15.0 Å². The Morgan fingerprint density at radius 2 is 2.00 bits per heavy atom. The zero-order valence-electron chi connectivity index (χ0n) is 10.4. The Kier molecular flexibility index (Phi) is 3.49. The molecule has 5 heteroatoms. The van der Waals surface area contributed by atoms with Gasteiger partial charge in [0.05, 0.1) is 6.04 Å². The van der Waals surface area contributed by atoms with Crippen molar-refractivity contribution in [3.05, 3.63) is 42.0 Å². The molecule has 0 aliphatic heterocycles. The molecule has 1 unspecified atom stereocenters. The van der Waals surface area contributed by atoms with E-state index in [9.17, 15) is 0 Å². The van der Waals surface area contributed by atoms with Crippen molar-refractivity contribution in [3.63, 3.8) is 0 Å². The number of rotatable bonds is 4. The first-order valence-electron chi connectivity index (χ1n) is 5.62. The van der Waals surface area contributed by atoms with E-state index in [1.165, 1.54) is 0 Å². The lowest BCUT2D eigenvalue weighted by Crippen LogP contribution is -2.22. The molecule has 0 fully saturated rings. The zero-order valence-corrected chi connectivity index (χ0v) is 10.4. The van der Waals surface area contributed by atoms with Crippen LogP contribution in [0.5, 0.6) is 0 Å². The van der Waals surface area contributed by atoms with E-state index in [1.54, 1.807) is 6.20 Å². The molecule has 1 N–H and O–H groups in total. The number of imidazole rings is 1. The van der Waals surface area contributed by atoms with Crippen molar-refractivity contribution in [1.29, 1.82) is 0 Å². The second-order valence-corrected chi connectivity index (χ2v) is 4.12. The van der Waals surface area contributed by atoms with Crippen LogP contribution in [0.3, 0.4) is 0 Å². The molecular formula is C12H17N5. The molecule has 0 saturated carbocycles. The quantitative estimate of drug-likeness (QED) is 0.853. The highest BCUT2D eigenvalue weighted by Gasteiger charge is 2.15. The average Bonchev–Trinajstić information content (AvgIpc) is 2.73. The average molecular weight is 231 g/mol. The fourth-order valence-corrected chi connectivity index (χ4v) is 1.68. The van der Waals surface area contributed by atoms with Crippen molar-refractivity contribution in [3.8, 4) is 0 Å². The highest BCUT2D eigenvalue weighted by Crippen LogP contribution is 2.12. The van der Waals surface area contributed by atoms with Crippen LogP contribution >= 0.6 is 0 Å². The summed E-state index contributed by atoms with van der Waals surface area (Å²) in [5.41, 5.74) is 1.07. The van der Waals surface area contributed by atoms with Gasteiger partial charge < -0.3 is 9.88 Å². The Hall–Kier alpha value is -1.75. The minimum absolute atomic E-state index is 0.0942. The number of nitrogens with zero attached hydrogens (tertiary/aromatic N) is 4. The molecule has 0 amide bonds. The predicted molar refractivity (Wildman–Crippen MR) is 65.5 cm³/mol. The fourth-order valence-electron chi connectivity index (χ4n) is 1.68. The normalized spacial score (nSPS) is 12.6. The molecule has 0 aliphatic carbocycles. The Bertz CT molecular complexity index is 474. The number of hydrogen-bond donors (Lipinski definition) is 1. The maximum atomic E-state index is 4.35. The summed E-state index contributed by atoms with van der Waals surface area (Å²) in [5, 5.41) is 3.22. The van der Waals surface area contributed by atoms with Crippen molar-refractivity contribution in [1.82, 2.24) is 24.8 Å². The van der Waals surface area contributed by atoms with Crippen LogP contribution in [-0.2, 0) is 13.5 Å². The van der Waals surface area contributed by atoms with Crippen LogP contribution in [0.1, 0.15) is 23.3 Å². The lowest BCUT2D eigenvalue weighted by Gasteiger charge is -2.14. The first-order valence-corrected chi connectivity index (χ1v) is 5.62. The number of aryl methyl sites for hydroxylation is 2. The third kappa shape index (κ3) is 2.68. The van der Waals surface area contributed by atoms with Gasteiger partial charge in [-0.1, -0.05) is 0 Å². The Morgan fingerprint density at radius 3 is 2.53 bits per heavy atom. The highest BCUT2D eigenvalue weighted by atomic mass is 15.1. The zero-order chi connectivity index (χ0) is 12.3. The number of hydrogen-bond acceptors (Lipinski definition) is 4. The molecule has 0 spiro atoms. The molecule has 2 heterocycles. The number of nitrogens with one attached hydrogen (secondary N) is 1. The van der Waals surface area contributed by atoms with Gasteiger partial charge in [-0.2, -0.15) is 0 Å². The van der Waals surface area contributed by atoms with E-state index in [0.717, 1.165) is 23.6 Å². The van der Waals surface area contributed by atoms with Crippen LogP contribution < -0.4 is 5.32 Å². The molecule has 0 saturated heterocycles. The maximum Gasteiger partial charge on any atom is 0.145 e. The lowest BCUT2D eigenvalue weighted by atomic mass is 10.2. The molecule has 0 aromatic carbocycles. The van der Waals surface area contributed by atoms with E-state index in [-0.39, 0.29) is 6.04 Å². The van der Waals surface area contributed by atoms with Gasteiger partial charge >= 0.3 is 0 Å². The summed E-state index contributed by atoms with van der Waals surface area (Å²) in [6, 6.07) is 0.0942. The molecule has 0 bridgehead atoms. The molecule has 17 heavy (non-hydrogen) atoms. The smallest absolute Gasteiger partial charge is 0.145 e. The van der Waals surface area contributed by atoms with Gasteiger partial charge in [-0.15, -0.1) is 0 Å². The Balaban J connectivity index is 2.17. The van der Waals surface area contributed by atoms with Gasteiger partial charge in [0.15, 0.2) is 0 Å². The Labute approximate surface area is 101 Å². The molecule has 90 valence electrons. The molecule has 2 aromatic heterocycles. The summed E-state index contributed by atoms with van der Waals surface area (Å²) in [5.74, 6) is 1.83. The van der Waals surface area contributed by atoms with E-state index >= 15 is 0 Å². The van der Waals surface area contributed by atoms with Crippen LogP contribution in [0.15, 0.2) is 24.8 Å². The topological polar surface area (TPSA) is 55.6 Å². The van der Waals surface area contributed by atoms with Gasteiger partial charge in [-0.3, -0.25) is 0 Å². The monoisotopic (exact) mass is 231 g/mol. The SMILES string of the molecule is CNC(Cc1nccn1C)c1ncc(C)cn1. The second kappa shape index (κ2) is 5.05. The largest absolute Gasteiger partial charge is 0.338 e. The van der Waals surface area contributed by atoms with Crippen LogP contribution in [0.25, 0.3) is 0 Å². The van der Waals surface area contributed by atoms with Crippen LogP contribution in [0, 0.1) is 6.92 Å². The molecule has 2 aromatic rings. The van der Waals surface area contributed by atoms with Gasteiger partial charge in [0.2, 0.25) is 0 Å². The molecule has 0 aliphatic rings. The van der Waals surface area contributed by atoms with Crippen molar-refractivity contribution in [2.24, 2.45) is 7.05 Å². The highest BCUT2D eigenvalue weighted by molar-refractivity contribution is 5.07. The molecule has 1 atom stereocenters. The van der Waals surface area contributed by atoms with Crippen LogP contribution in [0.4, 0.5) is 0 Å². The summed E-state index contributed by atoms with van der Waals surface area (Å²) >= 11 is 0. The summed E-state index contributed by atoms with van der Waals surface area (Å²) in [6.45, 7) is 1.98. The van der Waals surface area contributed by atoms with Crippen LogP contribution in [0.2, 0.25) is 0 Å². The minimum atomic E-state index is 0.0942. The van der Waals surface area contributed by atoms with Crippen molar-refractivity contribution >= 4 is 0 Å². The van der Waals surface area contributed by atoms with E-state index in [4.69, 9.17) is 0 Å². The van der Waals surface area contributed by atoms with Gasteiger partial charge in [0.1, 0.15) is 11.6 Å². The van der Waals surface area contributed by atoms with Crippen molar-refractivity contribution < 1.29 is 0 Å². The van der Waals surface area contributed by atoms with Crippen LogP contribution in [-0.4, -0.2) is 26.6 Å². The van der Waals surface area contributed by atoms with Gasteiger partial charge in [0, 0.05) is 38.3 Å². The maximum absolute atomic E-state index is 4.35. The second-order valence-electron chi connectivity index (χ2n) is 4.12. The standard InChI is InChI=1S/C12H17N5/c1-9-7-15-12(16-8-9)10(13-2)6-11-14-4-5-17(11)3/h4-5,7-8,10,13H,6H2,1-3H3. The lowest BCUT2D eigenvalue weighted by molar-refractivity contribution is 0.534. The minimum Gasteiger partial charge on any atom is -0.338 e. The number of aromatic nitrogens is 4. The van der Waals surface area contributed by atoms with E-state index in [0.29, 0.717) is 0 Å². The third-order valence-electron chi connectivity index (χ3n) is 2.77. The number of likely N-dealkylation sites (N-methyl/N-ethyl adjacent to an activating group) is 1. The first kappa shape index (κ1) is 11.7. The summed E-state index contributed by atoms with van der Waals surface area (Å²) in [7, 11) is 3.90. The molecule has 5 nitrogen and oxygen atoms in total. The van der Waals surface area contributed by atoms with Gasteiger partial charge in [0.25, 0.3) is 0 Å². The summed E-state index contributed by atoms with van der Waals surface area (Å²) < 4.78 is 2.01. The molecular weight excluding hydrogens is 214 g/mol.